The van der Waals surface area contributed by atoms with E-state index < -0.39 is 12.2 Å². The molecule has 3 nitrogen and oxygen atoms in total. The van der Waals surface area contributed by atoms with Crippen molar-refractivity contribution in [3.63, 3.8) is 0 Å². The fourth-order valence-electron chi connectivity index (χ4n) is 1.59. The summed E-state index contributed by atoms with van der Waals surface area (Å²) in [6, 6.07) is 9.61. The van der Waals surface area contributed by atoms with Crippen LogP contribution >= 0.6 is 11.8 Å². The molecule has 19 heavy (non-hydrogen) atoms. The first-order chi connectivity index (χ1) is 9.19. The fraction of sp³-hybridized carbons (Fsp3) is 0.400. The van der Waals surface area contributed by atoms with Crippen molar-refractivity contribution in [3.8, 4) is 0 Å². The van der Waals surface area contributed by atoms with Crippen LogP contribution in [0.25, 0.3) is 0 Å². The van der Waals surface area contributed by atoms with E-state index in [1.54, 1.807) is 19.1 Å². The van der Waals surface area contributed by atoms with Gasteiger partial charge in [-0.15, -0.1) is 0 Å². The Morgan fingerprint density at radius 3 is 2.68 bits per heavy atom. The van der Waals surface area contributed by atoms with Gasteiger partial charge >= 0.3 is 0 Å². The maximum absolute atomic E-state index is 11.9. The minimum Gasteiger partial charge on any atom is -0.386 e. The van der Waals surface area contributed by atoms with Crippen LogP contribution in [0.4, 0.5) is 0 Å². The third-order valence-electron chi connectivity index (χ3n) is 2.49. The number of aliphatic hydroxyl groups is 1. The summed E-state index contributed by atoms with van der Waals surface area (Å²) < 4.78 is 5.59. The monoisotopic (exact) mass is 280 g/mol. The summed E-state index contributed by atoms with van der Waals surface area (Å²) in [4.78, 5) is 11.9. The zero-order valence-corrected chi connectivity index (χ0v) is 12.1. The molecule has 0 aliphatic heterocycles. The third kappa shape index (κ3) is 5.59. The van der Waals surface area contributed by atoms with E-state index >= 15 is 0 Å². The highest BCUT2D eigenvalue weighted by molar-refractivity contribution is 8.13. The molecule has 0 amide bonds. The zero-order chi connectivity index (χ0) is 14.1. The van der Waals surface area contributed by atoms with Crippen molar-refractivity contribution in [2.45, 2.75) is 32.7 Å². The second kappa shape index (κ2) is 8.91. The smallest absolute Gasteiger partial charge is 0.220 e. The Morgan fingerprint density at radius 2 is 2.11 bits per heavy atom. The molecule has 0 aliphatic carbocycles. The Bertz CT molecular complexity index is 403. The number of aliphatic hydroxyl groups excluding tert-OH is 1. The molecule has 1 aromatic rings. The molecule has 4 heteroatoms. The summed E-state index contributed by atoms with van der Waals surface area (Å²) in [5, 5.41) is 9.80. The van der Waals surface area contributed by atoms with Gasteiger partial charge in [-0.05, 0) is 18.2 Å². The van der Waals surface area contributed by atoms with Crippen LogP contribution < -0.4 is 0 Å². The molecular formula is C15H20O3S. The summed E-state index contributed by atoms with van der Waals surface area (Å²) in [5.74, 6) is 0.673. The van der Waals surface area contributed by atoms with Crippen LogP contribution in [0.2, 0.25) is 0 Å². The lowest BCUT2D eigenvalue weighted by Crippen LogP contribution is -2.34. The first-order valence-corrected chi connectivity index (χ1v) is 7.30. The van der Waals surface area contributed by atoms with E-state index in [0.717, 1.165) is 5.56 Å². The molecule has 0 bridgehead atoms. The van der Waals surface area contributed by atoms with Gasteiger partial charge in [-0.25, -0.2) is 0 Å². The van der Waals surface area contributed by atoms with Gasteiger partial charge in [0.2, 0.25) is 5.12 Å². The summed E-state index contributed by atoms with van der Waals surface area (Å²) in [7, 11) is 0. The molecule has 0 radical (unpaired) electrons. The van der Waals surface area contributed by atoms with Gasteiger partial charge in [-0.1, -0.05) is 61.2 Å². The predicted octanol–water partition coefficient (Wildman–Crippen LogP) is 2.79. The van der Waals surface area contributed by atoms with Gasteiger partial charge in [0.05, 0.1) is 6.61 Å². The summed E-state index contributed by atoms with van der Waals surface area (Å²) in [6.45, 7) is 4.02. The van der Waals surface area contributed by atoms with Crippen molar-refractivity contribution in [1.82, 2.24) is 0 Å². The van der Waals surface area contributed by atoms with Crippen LogP contribution in [0.3, 0.4) is 0 Å². The Balaban J connectivity index is 2.66. The van der Waals surface area contributed by atoms with E-state index in [4.69, 9.17) is 4.74 Å². The van der Waals surface area contributed by atoms with E-state index in [-0.39, 0.29) is 5.12 Å². The van der Waals surface area contributed by atoms with Crippen molar-refractivity contribution < 1.29 is 14.6 Å². The average Bonchev–Trinajstić information content (AvgIpc) is 2.41. The number of thioether (sulfide) groups is 1. The van der Waals surface area contributed by atoms with Gasteiger partial charge in [-0.2, -0.15) is 0 Å². The van der Waals surface area contributed by atoms with Crippen LogP contribution in [0.15, 0.2) is 42.5 Å². The minimum atomic E-state index is -0.903. The third-order valence-corrected chi connectivity index (χ3v) is 3.30. The van der Waals surface area contributed by atoms with Crippen molar-refractivity contribution in [1.29, 1.82) is 0 Å². The molecule has 2 unspecified atom stereocenters. The molecule has 0 heterocycles. The van der Waals surface area contributed by atoms with Crippen LogP contribution in [-0.2, 0) is 16.1 Å². The van der Waals surface area contributed by atoms with E-state index in [2.05, 4.69) is 0 Å². The molecule has 0 aromatic heterocycles. The Hall–Kier alpha value is -1.10. The highest BCUT2D eigenvalue weighted by Crippen LogP contribution is 2.15. The van der Waals surface area contributed by atoms with Gasteiger partial charge in [0.15, 0.2) is 6.10 Å². The zero-order valence-electron chi connectivity index (χ0n) is 11.3. The summed E-state index contributed by atoms with van der Waals surface area (Å²) in [6.07, 6.45) is 1.57. The minimum absolute atomic E-state index is 0.135. The molecule has 2 atom stereocenters. The van der Waals surface area contributed by atoms with E-state index in [9.17, 15) is 9.90 Å². The summed E-state index contributed by atoms with van der Waals surface area (Å²) in [5.41, 5.74) is 0.981. The van der Waals surface area contributed by atoms with Crippen molar-refractivity contribution in [3.05, 3.63) is 48.0 Å². The molecule has 0 spiro atoms. The highest BCUT2D eigenvalue weighted by atomic mass is 32.2. The van der Waals surface area contributed by atoms with Crippen molar-refractivity contribution in [2.24, 2.45) is 0 Å². The number of hydrogen-bond donors (Lipinski definition) is 1. The van der Waals surface area contributed by atoms with Crippen molar-refractivity contribution >= 4 is 16.9 Å². The molecule has 0 saturated carbocycles. The Kier molecular flexibility index (Phi) is 7.48. The summed E-state index contributed by atoms with van der Waals surface area (Å²) >= 11 is 1.17. The quantitative estimate of drug-likeness (QED) is 0.780. The number of benzene rings is 1. The van der Waals surface area contributed by atoms with Gasteiger partial charge in [0.25, 0.3) is 0 Å². The van der Waals surface area contributed by atoms with Crippen LogP contribution in [0.1, 0.15) is 19.4 Å². The molecule has 0 saturated heterocycles. The SMILES string of the molecule is CC=CC(O)C(OCc1ccccc1)C(=O)SCC. The van der Waals surface area contributed by atoms with E-state index in [0.29, 0.717) is 12.4 Å². The fourth-order valence-corrected chi connectivity index (χ4v) is 2.25. The molecular weight excluding hydrogens is 260 g/mol. The van der Waals surface area contributed by atoms with Gasteiger partial charge < -0.3 is 9.84 Å². The molecule has 1 rings (SSSR count). The van der Waals surface area contributed by atoms with Crippen molar-refractivity contribution in [2.75, 3.05) is 5.75 Å². The molecule has 104 valence electrons. The lowest BCUT2D eigenvalue weighted by atomic mass is 10.2. The molecule has 0 fully saturated rings. The molecule has 1 N–H and O–H groups in total. The second-order valence-corrected chi connectivity index (χ2v) is 5.25. The largest absolute Gasteiger partial charge is 0.386 e. The van der Waals surface area contributed by atoms with Crippen LogP contribution in [-0.4, -0.2) is 28.2 Å². The number of hydrogen-bond acceptors (Lipinski definition) is 4. The lowest BCUT2D eigenvalue weighted by molar-refractivity contribution is -0.128. The first-order valence-electron chi connectivity index (χ1n) is 6.32. The second-order valence-electron chi connectivity index (χ2n) is 3.99. The maximum atomic E-state index is 11.9. The molecule has 1 aromatic carbocycles. The highest BCUT2D eigenvalue weighted by Gasteiger charge is 2.25. The Morgan fingerprint density at radius 1 is 1.42 bits per heavy atom. The number of ether oxygens (including phenoxy) is 1. The normalized spacial score (nSPS) is 14.5. The average molecular weight is 280 g/mol. The predicted molar refractivity (Wildman–Crippen MR) is 79.0 cm³/mol. The number of rotatable bonds is 7. The van der Waals surface area contributed by atoms with Crippen LogP contribution in [0, 0.1) is 0 Å². The number of carbonyl (C=O) groups is 1. The van der Waals surface area contributed by atoms with Gasteiger partial charge in [0.1, 0.15) is 6.10 Å². The number of carbonyl (C=O) groups excluding carboxylic acids is 1. The van der Waals surface area contributed by atoms with Gasteiger partial charge in [0, 0.05) is 0 Å². The lowest BCUT2D eigenvalue weighted by Gasteiger charge is -2.19. The van der Waals surface area contributed by atoms with E-state index in [1.807, 2.05) is 37.3 Å². The van der Waals surface area contributed by atoms with Gasteiger partial charge in [-0.3, -0.25) is 4.79 Å². The first kappa shape index (κ1) is 16.0. The number of allylic oxidation sites excluding steroid dienone is 1. The maximum Gasteiger partial charge on any atom is 0.220 e. The Labute approximate surface area is 118 Å². The molecule has 0 aliphatic rings. The topological polar surface area (TPSA) is 46.5 Å². The van der Waals surface area contributed by atoms with E-state index in [1.165, 1.54) is 11.8 Å². The standard InChI is InChI=1S/C15H20O3S/c1-3-8-13(16)14(15(17)19-4-2)18-11-12-9-6-5-7-10-12/h3,5-10,13-14,16H,4,11H2,1-2H3. The van der Waals surface area contributed by atoms with Crippen LogP contribution in [0.5, 0.6) is 0 Å².